The lowest BCUT2D eigenvalue weighted by Gasteiger charge is -2.11. The number of fused-ring (bicyclic) bond motifs is 1. The molecule has 2 heterocycles. The number of nitrogens with zero attached hydrogens (tertiary/aromatic N) is 3. The van der Waals surface area contributed by atoms with Crippen LogP contribution in [-0.4, -0.2) is 76.9 Å². The first kappa shape index (κ1) is 38.8. The van der Waals surface area contributed by atoms with Gasteiger partial charge in [-0.3, -0.25) is 0 Å². The number of rotatable bonds is 9. The summed E-state index contributed by atoms with van der Waals surface area (Å²) >= 11 is 0. The Balaban J connectivity index is 0.000000366. The molecule has 5 aromatic rings. The van der Waals surface area contributed by atoms with Crippen LogP contribution in [0.25, 0.3) is 44.9 Å². The molecule has 2 aromatic heterocycles. The summed E-state index contributed by atoms with van der Waals surface area (Å²) < 4.78 is 56.1. The molecule has 0 bridgehead atoms. The number of hydrogen-bond acceptors (Lipinski definition) is 9. The van der Waals surface area contributed by atoms with E-state index >= 15 is 0 Å². The summed E-state index contributed by atoms with van der Waals surface area (Å²) in [6.07, 6.45) is 2.23. The molecule has 51 heavy (non-hydrogen) atoms. The van der Waals surface area contributed by atoms with Gasteiger partial charge in [0.2, 0.25) is 16.0 Å². The van der Waals surface area contributed by atoms with Crippen molar-refractivity contribution in [1.82, 2.24) is 18.9 Å². The number of carboxylic acid groups (broad SMARTS) is 4. The van der Waals surface area contributed by atoms with Crippen LogP contribution in [0.2, 0.25) is 0 Å². The molecule has 0 aliphatic carbocycles. The first-order valence-electron chi connectivity index (χ1n) is 14.3. The number of benzene rings is 3. The molecule has 0 aliphatic rings. The molecule has 0 saturated carbocycles. The Morgan fingerprint density at radius 2 is 1.27 bits per heavy atom. The van der Waals surface area contributed by atoms with E-state index in [1.54, 1.807) is 32.0 Å². The summed E-state index contributed by atoms with van der Waals surface area (Å²) in [6.45, 7) is 3.11. The highest BCUT2D eigenvalue weighted by Gasteiger charge is 2.26. The van der Waals surface area contributed by atoms with E-state index < -0.39 is 50.8 Å². The molecular weight excluding hydrogens is 696 g/mol. The number of nitrogens with two attached hydrogens (primary N) is 1. The summed E-state index contributed by atoms with van der Waals surface area (Å²) in [7, 11) is -3.80. The average Bonchev–Trinajstić information content (AvgIpc) is 3.64. The minimum absolute atomic E-state index is 0.0115. The molecule has 7 N–H and O–H groups in total. The molecule has 0 unspecified atom stereocenters. The molecular formula is C33H29F2N5O10S. The fourth-order valence-electron chi connectivity index (χ4n) is 4.22. The fraction of sp³-hybridized carbons (Fsp3) is 0.0909. The van der Waals surface area contributed by atoms with Crippen molar-refractivity contribution in [3.63, 3.8) is 0 Å². The van der Waals surface area contributed by atoms with Gasteiger partial charge >= 0.3 is 23.9 Å². The van der Waals surface area contributed by atoms with Gasteiger partial charge in [-0.1, -0.05) is 42.5 Å². The van der Waals surface area contributed by atoms with Gasteiger partial charge in [0.05, 0.1) is 33.2 Å². The number of H-pyrrole nitrogens is 1. The number of carbonyl (C=O) groups is 4. The van der Waals surface area contributed by atoms with Gasteiger partial charge in [-0.15, -0.1) is 0 Å². The van der Waals surface area contributed by atoms with E-state index in [9.17, 15) is 36.4 Å². The van der Waals surface area contributed by atoms with Crippen molar-refractivity contribution >= 4 is 50.9 Å². The Bertz CT molecular complexity index is 2180. The van der Waals surface area contributed by atoms with E-state index in [0.717, 1.165) is 21.7 Å². The Hall–Kier alpha value is -6.69. The highest BCUT2D eigenvalue weighted by molar-refractivity contribution is 7.90. The van der Waals surface area contributed by atoms with Gasteiger partial charge in [0.25, 0.3) is 0 Å². The minimum atomic E-state index is -3.80. The third kappa shape index (κ3) is 9.92. The Kier molecular flexibility index (Phi) is 12.6. The number of nitrogen functional groups attached to an aromatic ring is 1. The van der Waals surface area contributed by atoms with Crippen LogP contribution in [0.4, 0.5) is 14.7 Å². The molecule has 5 rings (SSSR count). The number of halogens is 2. The van der Waals surface area contributed by atoms with Crippen LogP contribution in [0.3, 0.4) is 0 Å². The van der Waals surface area contributed by atoms with Gasteiger partial charge in [0.15, 0.2) is 0 Å². The number of anilines is 1. The second kappa shape index (κ2) is 16.6. The number of carboxylic acids is 4. The molecule has 0 atom stereocenters. The van der Waals surface area contributed by atoms with E-state index in [4.69, 9.17) is 26.2 Å². The smallest absolute Gasteiger partial charge is 0.328 e. The minimum Gasteiger partial charge on any atom is -0.478 e. The third-order valence-corrected chi connectivity index (χ3v) is 8.55. The topological polar surface area (TPSA) is 256 Å². The van der Waals surface area contributed by atoms with E-state index in [1.165, 1.54) is 6.07 Å². The number of nitrogens with one attached hydrogen (secondary N) is 1. The van der Waals surface area contributed by atoms with Gasteiger partial charge in [0.1, 0.15) is 17.5 Å². The quantitative estimate of drug-likeness (QED) is 0.113. The van der Waals surface area contributed by atoms with E-state index in [0.29, 0.717) is 46.8 Å². The molecule has 3 aromatic carbocycles. The first-order valence-corrected chi connectivity index (χ1v) is 15.8. The molecule has 0 radical (unpaired) electrons. The molecule has 0 aliphatic heterocycles. The average molecular weight is 726 g/mol. The van der Waals surface area contributed by atoms with Crippen LogP contribution < -0.4 is 5.73 Å². The van der Waals surface area contributed by atoms with Crippen LogP contribution in [0.15, 0.2) is 91.0 Å². The van der Waals surface area contributed by atoms with Gasteiger partial charge in [-0.25, -0.2) is 50.3 Å². The maximum atomic E-state index is 14.6. The Labute approximate surface area is 287 Å². The summed E-state index contributed by atoms with van der Waals surface area (Å²) in [5.41, 5.74) is 8.54. The van der Waals surface area contributed by atoms with Gasteiger partial charge < -0.3 is 31.1 Å². The molecule has 15 nitrogen and oxygen atoms in total. The fourth-order valence-corrected chi connectivity index (χ4v) is 5.37. The second-order valence-electron chi connectivity index (χ2n) is 10.3. The first-order chi connectivity index (χ1) is 23.9. The molecule has 0 spiro atoms. The van der Waals surface area contributed by atoms with Crippen molar-refractivity contribution in [3.05, 3.63) is 103 Å². The second-order valence-corrected chi connectivity index (χ2v) is 12.7. The molecule has 0 amide bonds. The lowest BCUT2D eigenvalue weighted by Crippen LogP contribution is -2.23. The van der Waals surface area contributed by atoms with E-state index in [2.05, 4.69) is 15.0 Å². The zero-order valence-corrected chi connectivity index (χ0v) is 27.4. The van der Waals surface area contributed by atoms with Crippen LogP contribution in [0, 0.1) is 11.6 Å². The molecule has 266 valence electrons. The van der Waals surface area contributed by atoms with Crippen LogP contribution in [0.5, 0.6) is 0 Å². The van der Waals surface area contributed by atoms with Gasteiger partial charge in [-0.2, -0.15) is 0 Å². The van der Waals surface area contributed by atoms with Crippen molar-refractivity contribution in [3.8, 4) is 33.9 Å². The summed E-state index contributed by atoms with van der Waals surface area (Å²) in [5.74, 6) is -6.68. The van der Waals surface area contributed by atoms with Crippen molar-refractivity contribution in [2.75, 3.05) is 5.73 Å². The number of aromatic nitrogens is 4. The van der Waals surface area contributed by atoms with Crippen molar-refractivity contribution < 1.29 is 56.8 Å². The monoisotopic (exact) mass is 725 g/mol. The van der Waals surface area contributed by atoms with Crippen molar-refractivity contribution in [1.29, 1.82) is 0 Å². The van der Waals surface area contributed by atoms with Crippen LogP contribution >= 0.6 is 0 Å². The third-order valence-electron chi connectivity index (χ3n) is 6.46. The highest BCUT2D eigenvalue weighted by Crippen LogP contribution is 2.36. The molecule has 18 heteroatoms. The lowest BCUT2D eigenvalue weighted by molar-refractivity contribution is -0.134. The normalized spacial score (nSPS) is 11.2. The van der Waals surface area contributed by atoms with Gasteiger partial charge in [-0.05, 0) is 38.1 Å². The maximum absolute atomic E-state index is 14.6. The Morgan fingerprint density at radius 1 is 0.765 bits per heavy atom. The lowest BCUT2D eigenvalue weighted by atomic mass is 10.0. The maximum Gasteiger partial charge on any atom is 0.328 e. The molecule has 0 saturated heterocycles. The predicted molar refractivity (Wildman–Crippen MR) is 181 cm³/mol. The summed E-state index contributed by atoms with van der Waals surface area (Å²) in [5, 5.41) is 30.5. The largest absolute Gasteiger partial charge is 0.478 e. The Morgan fingerprint density at radius 3 is 1.75 bits per heavy atom. The predicted octanol–water partition coefficient (Wildman–Crippen LogP) is 4.63. The summed E-state index contributed by atoms with van der Waals surface area (Å²) in [6, 6.07) is 17.7. The number of imidazole rings is 2. The van der Waals surface area contributed by atoms with E-state index in [-0.39, 0.29) is 22.9 Å². The number of aliphatic carboxylic acids is 4. The number of aromatic amines is 1. The summed E-state index contributed by atoms with van der Waals surface area (Å²) in [4.78, 5) is 50.0. The van der Waals surface area contributed by atoms with Crippen LogP contribution in [0.1, 0.15) is 13.8 Å². The molecule has 0 fully saturated rings. The van der Waals surface area contributed by atoms with Gasteiger partial charge in [0, 0.05) is 35.4 Å². The zero-order valence-electron chi connectivity index (χ0n) is 26.6. The van der Waals surface area contributed by atoms with Crippen molar-refractivity contribution in [2.24, 2.45) is 0 Å². The highest BCUT2D eigenvalue weighted by atomic mass is 32.2. The SMILES string of the molecule is CC(C)S(=O)(=O)n1c(N)nc2ccc(-c3nc(-c4c(F)cccc4F)[nH]c3-c3ccccc3)cc21.O=C(O)/C=C\C(=O)O.O=C(O)/C=C\C(=O)O. The number of hydrogen-bond donors (Lipinski definition) is 6. The van der Waals surface area contributed by atoms with E-state index in [1.807, 2.05) is 30.3 Å². The van der Waals surface area contributed by atoms with Crippen LogP contribution in [-0.2, 0) is 29.2 Å². The zero-order chi connectivity index (χ0) is 38.0. The van der Waals surface area contributed by atoms with Crippen molar-refractivity contribution in [2.45, 2.75) is 19.1 Å². The standard InChI is InChI=1S/C25H21F2N5O2S.2C4H4O4/c1-14(2)35(33,34)32-20-13-16(11-12-19(20)29-25(32)28)23-22(15-7-4-3-5-8-15)30-24(31-23)21-17(26)9-6-10-18(21)27;2*5-3(6)1-2-4(7)8/h3-14H,1-2H3,(H2,28,29)(H,30,31);2*1-2H,(H,5,6)(H,7,8)/b;2*2-1-.